The number of nitrogens with one attached hydrogen (secondary N) is 1. The standard InChI is InChI=1S/C22H19NO4/c1-15-5-7-16(8-6-15)17-9-11-20(12-10-17)27-14-21(24)23-19-4-2-3-18(13-19)22(25)26/h2-13H,14H2,1H3,(H,23,24)(H,25,26). The molecule has 0 heterocycles. The van der Waals surface area contributed by atoms with E-state index in [0.29, 0.717) is 11.4 Å². The zero-order valence-electron chi connectivity index (χ0n) is 14.8. The molecule has 0 saturated heterocycles. The normalized spacial score (nSPS) is 10.3. The molecule has 0 saturated carbocycles. The monoisotopic (exact) mass is 361 g/mol. The number of hydrogen-bond acceptors (Lipinski definition) is 3. The van der Waals surface area contributed by atoms with Crippen molar-refractivity contribution in [1.82, 2.24) is 0 Å². The Labute approximate surface area is 157 Å². The second-order valence-corrected chi connectivity index (χ2v) is 6.11. The first-order valence-electron chi connectivity index (χ1n) is 8.44. The van der Waals surface area contributed by atoms with Crippen LogP contribution in [-0.2, 0) is 4.79 Å². The molecule has 0 aromatic heterocycles. The molecule has 3 rings (SSSR count). The number of aryl methyl sites for hydroxylation is 1. The number of hydrogen-bond donors (Lipinski definition) is 2. The molecule has 0 unspecified atom stereocenters. The third kappa shape index (κ3) is 4.95. The maximum Gasteiger partial charge on any atom is 0.335 e. The minimum absolute atomic E-state index is 0.111. The Hall–Kier alpha value is -3.60. The summed E-state index contributed by atoms with van der Waals surface area (Å²) in [5.41, 5.74) is 3.91. The first-order valence-corrected chi connectivity index (χ1v) is 8.44. The van der Waals surface area contributed by atoms with Crippen LogP contribution in [0.15, 0.2) is 72.8 Å². The molecule has 136 valence electrons. The Morgan fingerprint density at radius 3 is 2.19 bits per heavy atom. The van der Waals surface area contributed by atoms with Gasteiger partial charge in [0.1, 0.15) is 5.75 Å². The van der Waals surface area contributed by atoms with E-state index in [9.17, 15) is 9.59 Å². The van der Waals surface area contributed by atoms with Gasteiger partial charge in [0.05, 0.1) is 5.56 Å². The molecule has 3 aromatic carbocycles. The largest absolute Gasteiger partial charge is 0.484 e. The second-order valence-electron chi connectivity index (χ2n) is 6.11. The summed E-state index contributed by atoms with van der Waals surface area (Å²) in [6.07, 6.45) is 0. The fourth-order valence-corrected chi connectivity index (χ4v) is 2.57. The average Bonchev–Trinajstić information content (AvgIpc) is 2.68. The fraction of sp³-hybridized carbons (Fsp3) is 0.0909. The van der Waals surface area contributed by atoms with Crippen molar-refractivity contribution in [3.8, 4) is 16.9 Å². The van der Waals surface area contributed by atoms with E-state index in [1.165, 1.54) is 17.7 Å². The van der Waals surface area contributed by atoms with Crippen LogP contribution < -0.4 is 10.1 Å². The summed E-state index contributed by atoms with van der Waals surface area (Å²) in [5.74, 6) is -0.823. The van der Waals surface area contributed by atoms with Gasteiger partial charge in [-0.15, -0.1) is 0 Å². The highest BCUT2D eigenvalue weighted by Crippen LogP contribution is 2.22. The van der Waals surface area contributed by atoms with Crippen LogP contribution in [0.3, 0.4) is 0 Å². The highest BCUT2D eigenvalue weighted by atomic mass is 16.5. The fourth-order valence-electron chi connectivity index (χ4n) is 2.57. The molecule has 0 radical (unpaired) electrons. The molecule has 0 fully saturated rings. The predicted molar refractivity (Wildman–Crippen MR) is 104 cm³/mol. The molecule has 5 heteroatoms. The lowest BCUT2D eigenvalue weighted by Crippen LogP contribution is -2.20. The Bertz CT molecular complexity index is 947. The maximum absolute atomic E-state index is 12.0. The third-order valence-electron chi connectivity index (χ3n) is 4.00. The van der Waals surface area contributed by atoms with E-state index in [2.05, 4.69) is 29.6 Å². The number of anilines is 1. The van der Waals surface area contributed by atoms with Gasteiger partial charge < -0.3 is 15.2 Å². The lowest BCUT2D eigenvalue weighted by Gasteiger charge is -2.09. The third-order valence-corrected chi connectivity index (χ3v) is 4.00. The lowest BCUT2D eigenvalue weighted by molar-refractivity contribution is -0.118. The van der Waals surface area contributed by atoms with Crippen LogP contribution in [0.1, 0.15) is 15.9 Å². The van der Waals surface area contributed by atoms with Gasteiger partial charge in [-0.3, -0.25) is 4.79 Å². The van der Waals surface area contributed by atoms with Crippen molar-refractivity contribution >= 4 is 17.6 Å². The van der Waals surface area contributed by atoms with Gasteiger partial charge in [0.25, 0.3) is 5.91 Å². The van der Waals surface area contributed by atoms with Crippen molar-refractivity contribution in [3.63, 3.8) is 0 Å². The van der Waals surface area contributed by atoms with Gasteiger partial charge in [-0.1, -0.05) is 48.0 Å². The number of aromatic carboxylic acids is 1. The number of carbonyl (C=O) groups excluding carboxylic acids is 1. The van der Waals surface area contributed by atoms with Crippen molar-refractivity contribution in [1.29, 1.82) is 0 Å². The number of rotatable bonds is 6. The molecule has 1 amide bonds. The lowest BCUT2D eigenvalue weighted by atomic mass is 10.0. The molecule has 27 heavy (non-hydrogen) atoms. The van der Waals surface area contributed by atoms with E-state index in [1.807, 2.05) is 31.2 Å². The molecule has 3 aromatic rings. The Morgan fingerprint density at radius 2 is 1.56 bits per heavy atom. The van der Waals surface area contributed by atoms with E-state index < -0.39 is 5.97 Å². The van der Waals surface area contributed by atoms with Gasteiger partial charge in [-0.25, -0.2) is 4.79 Å². The van der Waals surface area contributed by atoms with Crippen LogP contribution in [0.2, 0.25) is 0 Å². The molecule has 0 atom stereocenters. The number of carboxylic acids is 1. The van der Waals surface area contributed by atoms with Crippen LogP contribution in [0.25, 0.3) is 11.1 Å². The number of benzene rings is 3. The average molecular weight is 361 g/mol. The first kappa shape index (κ1) is 18.2. The number of carboxylic acid groups (broad SMARTS) is 1. The topological polar surface area (TPSA) is 75.6 Å². The highest BCUT2D eigenvalue weighted by molar-refractivity contribution is 5.94. The summed E-state index contributed by atoms with van der Waals surface area (Å²) in [7, 11) is 0. The van der Waals surface area contributed by atoms with E-state index >= 15 is 0 Å². The number of carbonyl (C=O) groups is 2. The van der Waals surface area contributed by atoms with E-state index in [1.54, 1.807) is 12.1 Å². The summed E-state index contributed by atoms with van der Waals surface area (Å²) in [5, 5.41) is 11.6. The quantitative estimate of drug-likeness (QED) is 0.683. The van der Waals surface area contributed by atoms with Crippen LogP contribution >= 0.6 is 0 Å². The summed E-state index contributed by atoms with van der Waals surface area (Å²) < 4.78 is 5.50. The summed E-state index contributed by atoms with van der Waals surface area (Å²) in [6, 6.07) is 21.8. The number of amides is 1. The van der Waals surface area contributed by atoms with Crippen LogP contribution in [-0.4, -0.2) is 23.6 Å². The molecule has 0 spiro atoms. The van der Waals surface area contributed by atoms with Gasteiger partial charge in [0.15, 0.2) is 6.61 Å². The molecule has 2 N–H and O–H groups in total. The van der Waals surface area contributed by atoms with Gasteiger partial charge in [0.2, 0.25) is 0 Å². The summed E-state index contributed by atoms with van der Waals surface area (Å²) in [4.78, 5) is 23.0. The van der Waals surface area contributed by atoms with Gasteiger partial charge >= 0.3 is 5.97 Å². The molecule has 0 aliphatic heterocycles. The smallest absolute Gasteiger partial charge is 0.335 e. The molecule has 5 nitrogen and oxygen atoms in total. The van der Waals surface area contributed by atoms with Gasteiger partial charge in [0, 0.05) is 5.69 Å². The minimum Gasteiger partial charge on any atom is -0.484 e. The number of ether oxygens (including phenoxy) is 1. The molecule has 0 bridgehead atoms. The van der Waals surface area contributed by atoms with Crippen molar-refractivity contribution < 1.29 is 19.4 Å². The highest BCUT2D eigenvalue weighted by Gasteiger charge is 2.07. The van der Waals surface area contributed by atoms with Gasteiger partial charge in [-0.05, 0) is 48.4 Å². The first-order chi connectivity index (χ1) is 13.0. The SMILES string of the molecule is Cc1ccc(-c2ccc(OCC(=O)Nc3cccc(C(=O)O)c3)cc2)cc1. The molecular formula is C22H19NO4. The van der Waals surface area contributed by atoms with Crippen molar-refractivity contribution in [2.45, 2.75) is 6.92 Å². The molecule has 0 aliphatic carbocycles. The minimum atomic E-state index is -1.05. The second kappa shape index (κ2) is 8.19. The van der Waals surface area contributed by atoms with Crippen molar-refractivity contribution in [2.75, 3.05) is 11.9 Å². The van der Waals surface area contributed by atoms with E-state index in [-0.39, 0.29) is 18.1 Å². The van der Waals surface area contributed by atoms with Crippen LogP contribution in [0, 0.1) is 6.92 Å². The zero-order valence-corrected chi connectivity index (χ0v) is 14.8. The maximum atomic E-state index is 12.0. The predicted octanol–water partition coefficient (Wildman–Crippen LogP) is 4.38. The molecular weight excluding hydrogens is 342 g/mol. The van der Waals surface area contributed by atoms with E-state index in [0.717, 1.165) is 11.1 Å². The molecule has 0 aliphatic rings. The Morgan fingerprint density at radius 1 is 0.926 bits per heavy atom. The van der Waals surface area contributed by atoms with Crippen LogP contribution in [0.4, 0.5) is 5.69 Å². The van der Waals surface area contributed by atoms with Crippen molar-refractivity contribution in [3.05, 3.63) is 83.9 Å². The van der Waals surface area contributed by atoms with Crippen LogP contribution in [0.5, 0.6) is 5.75 Å². The Kier molecular flexibility index (Phi) is 5.52. The van der Waals surface area contributed by atoms with Gasteiger partial charge in [-0.2, -0.15) is 0 Å². The van der Waals surface area contributed by atoms with Crippen molar-refractivity contribution in [2.24, 2.45) is 0 Å². The Balaban J connectivity index is 1.56. The zero-order chi connectivity index (χ0) is 19.2. The van der Waals surface area contributed by atoms with E-state index in [4.69, 9.17) is 9.84 Å². The summed E-state index contributed by atoms with van der Waals surface area (Å²) in [6.45, 7) is 1.88. The summed E-state index contributed by atoms with van der Waals surface area (Å²) >= 11 is 0.